The van der Waals surface area contributed by atoms with Crippen LogP contribution < -0.4 is 4.74 Å². The Labute approximate surface area is 277 Å². The Kier molecular flexibility index (Phi) is 9.20. The Morgan fingerprint density at radius 2 is 1.72 bits per heavy atom. The van der Waals surface area contributed by atoms with Crippen LogP contribution in [0.3, 0.4) is 0 Å². The van der Waals surface area contributed by atoms with Crippen LogP contribution in [-0.2, 0) is 17.9 Å². The van der Waals surface area contributed by atoms with Crippen LogP contribution in [0, 0.1) is 11.8 Å². The van der Waals surface area contributed by atoms with Gasteiger partial charge in [0.25, 0.3) is 0 Å². The van der Waals surface area contributed by atoms with E-state index in [0.29, 0.717) is 45.3 Å². The smallest absolute Gasteiger partial charge is 0.335 e. The van der Waals surface area contributed by atoms with Crippen LogP contribution in [0.4, 0.5) is 0 Å². The van der Waals surface area contributed by atoms with E-state index >= 15 is 0 Å². The minimum absolute atomic E-state index is 0.0654. The Balaban J connectivity index is 1.28. The van der Waals surface area contributed by atoms with Crippen molar-refractivity contribution in [3.8, 4) is 28.4 Å². The number of halogens is 2. The zero-order valence-electron chi connectivity index (χ0n) is 25.9. The predicted molar refractivity (Wildman–Crippen MR) is 179 cm³/mol. The molecule has 2 heterocycles. The summed E-state index contributed by atoms with van der Waals surface area (Å²) in [6.45, 7) is 6.62. The van der Waals surface area contributed by atoms with Gasteiger partial charge in [-0.1, -0.05) is 48.3 Å². The lowest BCUT2D eigenvalue weighted by molar-refractivity contribution is -0.121. The number of aromatic carboxylic acids is 1. The Morgan fingerprint density at radius 1 is 1.02 bits per heavy atom. The molecule has 1 saturated carbocycles. The second-order valence-electron chi connectivity index (χ2n) is 12.3. The summed E-state index contributed by atoms with van der Waals surface area (Å²) in [5, 5.41) is 14.9. The average molecular weight is 661 g/mol. The molecule has 0 aliphatic heterocycles. The van der Waals surface area contributed by atoms with Crippen molar-refractivity contribution in [1.82, 2.24) is 14.7 Å². The summed E-state index contributed by atoms with van der Waals surface area (Å²) in [4.78, 5) is 28.7. The lowest BCUT2D eigenvalue weighted by Gasteiger charge is -2.28. The number of carbonyl (C=O) groups is 2. The van der Waals surface area contributed by atoms with Crippen LogP contribution in [0.2, 0.25) is 10.0 Å². The van der Waals surface area contributed by atoms with Gasteiger partial charge in [0.05, 0.1) is 32.2 Å². The van der Waals surface area contributed by atoms with Crippen molar-refractivity contribution in [1.29, 1.82) is 0 Å². The SMILES string of the molecule is CC(=O)C1CCC(Cn2c(-c3ccc(OCc4c(-c5c(Cl)cccc5Cl)noc4C(C)C)cc3)nc3ccc(C(=O)O)cc32)CC1. The fourth-order valence-electron chi connectivity index (χ4n) is 6.36. The molecule has 0 radical (unpaired) electrons. The predicted octanol–water partition coefficient (Wildman–Crippen LogP) is 9.46. The van der Waals surface area contributed by atoms with E-state index in [2.05, 4.69) is 9.72 Å². The highest BCUT2D eigenvalue weighted by molar-refractivity contribution is 6.39. The van der Waals surface area contributed by atoms with Crippen LogP contribution >= 0.6 is 23.2 Å². The topological polar surface area (TPSA) is 107 Å². The summed E-state index contributed by atoms with van der Waals surface area (Å²) >= 11 is 13.0. The van der Waals surface area contributed by atoms with Gasteiger partial charge in [0.1, 0.15) is 35.4 Å². The largest absolute Gasteiger partial charge is 0.489 e. The van der Waals surface area contributed by atoms with Gasteiger partial charge in [-0.05, 0) is 93.1 Å². The van der Waals surface area contributed by atoms with Crippen molar-refractivity contribution in [2.24, 2.45) is 11.8 Å². The van der Waals surface area contributed by atoms with E-state index in [4.69, 9.17) is 37.4 Å². The van der Waals surface area contributed by atoms with Gasteiger partial charge >= 0.3 is 5.97 Å². The van der Waals surface area contributed by atoms with Gasteiger partial charge in [0.15, 0.2) is 0 Å². The van der Waals surface area contributed by atoms with E-state index in [1.165, 1.54) is 0 Å². The number of fused-ring (bicyclic) bond motifs is 1. The van der Waals surface area contributed by atoms with Gasteiger partial charge in [-0.2, -0.15) is 0 Å². The Bertz CT molecular complexity index is 1880. The van der Waals surface area contributed by atoms with Crippen molar-refractivity contribution >= 4 is 46.0 Å². The van der Waals surface area contributed by atoms with Crippen molar-refractivity contribution in [2.75, 3.05) is 0 Å². The number of ketones is 1. The molecule has 0 amide bonds. The molecular formula is C36H35Cl2N3O5. The van der Waals surface area contributed by atoms with Gasteiger partial charge in [-0.15, -0.1) is 0 Å². The lowest BCUT2D eigenvalue weighted by atomic mass is 9.80. The third kappa shape index (κ3) is 6.42. The molecule has 8 nitrogen and oxygen atoms in total. The van der Waals surface area contributed by atoms with Crippen LogP contribution in [0.5, 0.6) is 5.75 Å². The van der Waals surface area contributed by atoms with Crippen LogP contribution in [0.15, 0.2) is 65.2 Å². The average Bonchev–Trinajstić information content (AvgIpc) is 3.62. The zero-order valence-corrected chi connectivity index (χ0v) is 27.4. The van der Waals surface area contributed by atoms with Gasteiger partial charge in [-0.3, -0.25) is 4.79 Å². The van der Waals surface area contributed by atoms with Crippen LogP contribution in [0.25, 0.3) is 33.7 Å². The summed E-state index contributed by atoms with van der Waals surface area (Å²) in [5.74, 6) is 1.95. The Hall–Kier alpha value is -4.14. The molecule has 0 unspecified atom stereocenters. The first-order valence-corrected chi connectivity index (χ1v) is 16.3. The van der Waals surface area contributed by atoms with E-state index in [1.54, 1.807) is 43.3 Å². The minimum Gasteiger partial charge on any atom is -0.489 e. The third-order valence-corrected chi connectivity index (χ3v) is 9.53. The maximum atomic E-state index is 11.9. The molecule has 3 aromatic carbocycles. The van der Waals surface area contributed by atoms with E-state index in [1.807, 2.05) is 38.1 Å². The molecule has 1 fully saturated rings. The number of carboxylic acids is 1. The summed E-state index contributed by atoms with van der Waals surface area (Å²) in [6.07, 6.45) is 3.64. The summed E-state index contributed by atoms with van der Waals surface area (Å²) < 4.78 is 14.1. The first-order chi connectivity index (χ1) is 22.1. The fourth-order valence-corrected chi connectivity index (χ4v) is 6.94. The molecule has 5 aromatic rings. The number of hydrogen-bond acceptors (Lipinski definition) is 6. The minimum atomic E-state index is -0.979. The summed E-state index contributed by atoms with van der Waals surface area (Å²) in [6, 6.07) is 18.1. The monoisotopic (exact) mass is 659 g/mol. The standard InChI is InChI=1S/C36H35Cl2N3O5/c1-20(2)34-27(33(40-46-34)32-28(37)5-4-6-29(32)38)19-45-26-14-11-24(12-15-26)35-39-30-16-13-25(36(43)44)17-31(30)41(35)18-22-7-9-23(10-8-22)21(3)42/h4-6,11-17,20,22-23H,7-10,18-19H2,1-3H3,(H,43,44). The molecule has 1 aliphatic rings. The number of carbonyl (C=O) groups excluding carboxylic acids is 1. The number of imidazole rings is 1. The fraction of sp³-hybridized carbons (Fsp3) is 0.333. The highest BCUT2D eigenvalue weighted by Gasteiger charge is 2.27. The van der Waals surface area contributed by atoms with Crippen molar-refractivity contribution in [3.63, 3.8) is 0 Å². The third-order valence-electron chi connectivity index (χ3n) is 8.90. The summed E-state index contributed by atoms with van der Waals surface area (Å²) in [7, 11) is 0. The van der Waals surface area contributed by atoms with Crippen molar-refractivity contribution in [2.45, 2.75) is 65.5 Å². The molecule has 2 aromatic heterocycles. The van der Waals surface area contributed by atoms with Gasteiger partial charge in [-0.25, -0.2) is 9.78 Å². The maximum Gasteiger partial charge on any atom is 0.335 e. The Morgan fingerprint density at radius 3 is 2.35 bits per heavy atom. The highest BCUT2D eigenvalue weighted by atomic mass is 35.5. The zero-order chi connectivity index (χ0) is 32.5. The highest BCUT2D eigenvalue weighted by Crippen LogP contribution is 2.39. The number of Topliss-reactive ketones (excluding diaryl/α,β-unsaturated/α-hetero) is 1. The number of hydrogen-bond donors (Lipinski definition) is 1. The number of benzene rings is 3. The van der Waals surface area contributed by atoms with Gasteiger partial charge in [0.2, 0.25) is 0 Å². The molecular weight excluding hydrogens is 625 g/mol. The van der Waals surface area contributed by atoms with E-state index in [0.717, 1.165) is 53.7 Å². The van der Waals surface area contributed by atoms with Crippen molar-refractivity contribution < 1.29 is 24.0 Å². The first-order valence-electron chi connectivity index (χ1n) is 15.5. The molecule has 0 spiro atoms. The normalized spacial score (nSPS) is 16.7. The van der Waals surface area contributed by atoms with Crippen LogP contribution in [-0.4, -0.2) is 31.6 Å². The van der Waals surface area contributed by atoms with E-state index in [-0.39, 0.29) is 29.8 Å². The molecule has 6 rings (SSSR count). The number of carboxylic acid groups (broad SMARTS) is 1. The second kappa shape index (κ2) is 13.3. The molecule has 1 N–H and O–H groups in total. The molecule has 1 aliphatic carbocycles. The summed E-state index contributed by atoms with van der Waals surface area (Å²) in [5.41, 5.74) is 4.56. The number of aromatic nitrogens is 3. The van der Waals surface area contributed by atoms with E-state index < -0.39 is 5.97 Å². The van der Waals surface area contributed by atoms with Gasteiger partial charge < -0.3 is 18.9 Å². The molecule has 46 heavy (non-hydrogen) atoms. The quantitative estimate of drug-likeness (QED) is 0.159. The molecule has 238 valence electrons. The molecule has 0 bridgehead atoms. The second-order valence-corrected chi connectivity index (χ2v) is 13.1. The van der Waals surface area contributed by atoms with Crippen LogP contribution in [0.1, 0.15) is 74.1 Å². The maximum absolute atomic E-state index is 11.9. The van der Waals surface area contributed by atoms with Gasteiger partial charge in [0, 0.05) is 29.5 Å². The van der Waals surface area contributed by atoms with E-state index in [9.17, 15) is 14.7 Å². The molecule has 0 atom stereocenters. The molecule has 0 saturated heterocycles. The lowest BCUT2D eigenvalue weighted by Crippen LogP contribution is -2.23. The number of ether oxygens (including phenoxy) is 1. The van der Waals surface area contributed by atoms with Crippen molar-refractivity contribution in [3.05, 3.63) is 87.6 Å². The number of rotatable bonds is 10. The number of nitrogens with zero attached hydrogens (tertiary/aromatic N) is 3. The molecule has 10 heteroatoms. The first kappa shape index (κ1) is 31.8.